The molecule has 1 amide bonds. The molecule has 1 aromatic carbocycles. The minimum atomic E-state index is -0.430. The largest absolute Gasteiger partial charge is 0.467 e. The molecular formula is C17H21NO3. The van der Waals surface area contributed by atoms with Crippen LogP contribution in [0.3, 0.4) is 0 Å². The van der Waals surface area contributed by atoms with Crippen LogP contribution >= 0.6 is 0 Å². The molecule has 0 radical (unpaired) electrons. The molecule has 1 heterocycles. The van der Waals surface area contributed by atoms with Crippen LogP contribution < -0.4 is 0 Å². The van der Waals surface area contributed by atoms with E-state index in [0.29, 0.717) is 12.0 Å². The van der Waals surface area contributed by atoms with E-state index in [1.165, 1.54) is 7.11 Å². The lowest BCUT2D eigenvalue weighted by Crippen LogP contribution is -2.51. The molecule has 2 aliphatic rings. The number of hydrogen-bond acceptors (Lipinski definition) is 3. The molecule has 4 nitrogen and oxygen atoms in total. The minimum absolute atomic E-state index is 0.0367. The summed E-state index contributed by atoms with van der Waals surface area (Å²) in [4.78, 5) is 26.9. The van der Waals surface area contributed by atoms with E-state index in [9.17, 15) is 9.59 Å². The summed E-state index contributed by atoms with van der Waals surface area (Å²) in [7, 11) is 1.40. The Bertz CT molecular complexity index is 534. The zero-order valence-corrected chi connectivity index (χ0v) is 12.4. The average molecular weight is 287 g/mol. The third-order valence-electron chi connectivity index (χ3n) is 4.95. The summed E-state index contributed by atoms with van der Waals surface area (Å²) in [5.41, 5.74) is 0.519. The highest BCUT2D eigenvalue weighted by Gasteiger charge is 2.52. The number of benzene rings is 1. The Hall–Kier alpha value is -1.84. The predicted molar refractivity (Wildman–Crippen MR) is 78.8 cm³/mol. The van der Waals surface area contributed by atoms with E-state index in [0.717, 1.165) is 32.1 Å². The van der Waals surface area contributed by atoms with Gasteiger partial charge in [-0.15, -0.1) is 0 Å². The maximum Gasteiger partial charge on any atom is 0.328 e. The Morgan fingerprint density at radius 3 is 2.43 bits per heavy atom. The molecule has 1 saturated carbocycles. The molecule has 0 aromatic heterocycles. The number of hydrogen-bond donors (Lipinski definition) is 0. The normalized spacial score (nSPS) is 23.5. The maximum atomic E-state index is 13.0. The molecule has 1 spiro atoms. The van der Waals surface area contributed by atoms with Gasteiger partial charge in [-0.2, -0.15) is 0 Å². The molecule has 1 aromatic rings. The smallest absolute Gasteiger partial charge is 0.328 e. The summed E-state index contributed by atoms with van der Waals surface area (Å²) >= 11 is 0. The lowest BCUT2D eigenvalue weighted by Gasteiger charge is -2.37. The number of esters is 1. The lowest BCUT2D eigenvalue weighted by molar-refractivity contribution is -0.146. The van der Waals surface area contributed by atoms with E-state index in [1.807, 2.05) is 35.2 Å². The van der Waals surface area contributed by atoms with E-state index >= 15 is 0 Å². The molecule has 1 aliphatic carbocycles. The second-order valence-corrected chi connectivity index (χ2v) is 6.05. The molecule has 0 unspecified atom stereocenters. The number of nitrogens with zero attached hydrogens (tertiary/aromatic N) is 1. The quantitative estimate of drug-likeness (QED) is 0.786. The van der Waals surface area contributed by atoms with Gasteiger partial charge >= 0.3 is 5.97 Å². The van der Waals surface area contributed by atoms with E-state index in [-0.39, 0.29) is 17.4 Å². The molecule has 1 saturated heterocycles. The highest BCUT2D eigenvalue weighted by molar-refractivity contribution is 5.97. The van der Waals surface area contributed by atoms with Crippen molar-refractivity contribution in [1.82, 2.24) is 4.90 Å². The van der Waals surface area contributed by atoms with E-state index in [1.54, 1.807) is 0 Å². The number of ether oxygens (including phenoxy) is 1. The van der Waals surface area contributed by atoms with Crippen molar-refractivity contribution in [2.45, 2.75) is 50.1 Å². The highest BCUT2D eigenvalue weighted by Crippen LogP contribution is 2.46. The Kier molecular flexibility index (Phi) is 3.70. The van der Waals surface area contributed by atoms with Crippen LogP contribution in [-0.4, -0.2) is 35.5 Å². The molecule has 21 heavy (non-hydrogen) atoms. The van der Waals surface area contributed by atoms with Gasteiger partial charge < -0.3 is 9.64 Å². The molecular weight excluding hydrogens is 266 g/mol. The molecule has 0 bridgehead atoms. The van der Waals surface area contributed by atoms with Gasteiger partial charge in [-0.1, -0.05) is 31.0 Å². The van der Waals surface area contributed by atoms with Gasteiger partial charge in [0, 0.05) is 11.1 Å². The zero-order valence-electron chi connectivity index (χ0n) is 12.4. The number of rotatable bonds is 2. The number of methoxy groups -OCH3 is 1. The average Bonchev–Trinajstić information content (AvgIpc) is 3.15. The van der Waals surface area contributed by atoms with Gasteiger partial charge in [-0.25, -0.2) is 4.79 Å². The minimum Gasteiger partial charge on any atom is -0.467 e. The second-order valence-electron chi connectivity index (χ2n) is 6.05. The van der Waals surface area contributed by atoms with Gasteiger partial charge in [0.15, 0.2) is 0 Å². The van der Waals surface area contributed by atoms with E-state index in [4.69, 9.17) is 4.74 Å². The third kappa shape index (κ3) is 2.33. The van der Waals surface area contributed by atoms with Crippen molar-refractivity contribution in [2.75, 3.05) is 7.11 Å². The molecule has 3 rings (SSSR count). The summed E-state index contributed by atoms with van der Waals surface area (Å²) in [5, 5.41) is 0. The summed E-state index contributed by atoms with van der Waals surface area (Å²) in [6.45, 7) is 0. The molecule has 4 heteroatoms. The van der Waals surface area contributed by atoms with Crippen LogP contribution in [0.2, 0.25) is 0 Å². The van der Waals surface area contributed by atoms with Crippen LogP contribution in [0.1, 0.15) is 48.9 Å². The standard InChI is InChI=1S/C17H21NO3/c1-21-16(20)14-9-12-17(10-5-6-11-17)18(14)15(19)13-7-3-2-4-8-13/h2-4,7-8,14H,5-6,9-12H2,1H3/t14-/m0/s1. The first kappa shape index (κ1) is 14.1. The van der Waals surface area contributed by atoms with Gasteiger partial charge in [-0.05, 0) is 37.8 Å². The first-order valence-corrected chi connectivity index (χ1v) is 7.64. The fourth-order valence-corrected chi connectivity index (χ4v) is 3.95. The van der Waals surface area contributed by atoms with Gasteiger partial charge in [-0.3, -0.25) is 4.79 Å². The summed E-state index contributed by atoms with van der Waals surface area (Å²) in [5.74, 6) is -0.326. The van der Waals surface area contributed by atoms with Crippen molar-refractivity contribution < 1.29 is 14.3 Å². The first-order chi connectivity index (χ1) is 10.2. The summed E-state index contributed by atoms with van der Waals surface area (Å²) in [6, 6.07) is 8.81. The van der Waals surface area contributed by atoms with Crippen molar-refractivity contribution in [3.8, 4) is 0 Å². The Morgan fingerprint density at radius 2 is 1.81 bits per heavy atom. The van der Waals surface area contributed by atoms with Crippen LogP contribution in [0.4, 0.5) is 0 Å². The van der Waals surface area contributed by atoms with Crippen LogP contribution in [0, 0.1) is 0 Å². The van der Waals surface area contributed by atoms with Gasteiger partial charge in [0.2, 0.25) is 0 Å². The fourth-order valence-electron chi connectivity index (χ4n) is 3.95. The summed E-state index contributed by atoms with van der Waals surface area (Å²) in [6.07, 6.45) is 5.88. The Labute approximate surface area is 125 Å². The third-order valence-corrected chi connectivity index (χ3v) is 4.95. The van der Waals surface area contributed by atoms with E-state index in [2.05, 4.69) is 0 Å². The van der Waals surface area contributed by atoms with Crippen molar-refractivity contribution in [2.24, 2.45) is 0 Å². The van der Waals surface area contributed by atoms with Gasteiger partial charge in [0.1, 0.15) is 6.04 Å². The molecule has 0 N–H and O–H groups in total. The Balaban J connectivity index is 1.96. The van der Waals surface area contributed by atoms with Crippen LogP contribution in [0.15, 0.2) is 30.3 Å². The molecule has 112 valence electrons. The first-order valence-electron chi connectivity index (χ1n) is 7.64. The SMILES string of the molecule is COC(=O)[C@@H]1CCC2(CCCC2)N1C(=O)c1ccccc1. The number of amides is 1. The predicted octanol–water partition coefficient (Wildman–Crippen LogP) is 2.78. The number of likely N-dealkylation sites (tertiary alicyclic amines) is 1. The van der Waals surface area contributed by atoms with Crippen LogP contribution in [0.5, 0.6) is 0 Å². The number of carbonyl (C=O) groups is 2. The number of carbonyl (C=O) groups excluding carboxylic acids is 2. The Morgan fingerprint density at radius 1 is 1.14 bits per heavy atom. The van der Waals surface area contributed by atoms with Gasteiger partial charge in [0.05, 0.1) is 7.11 Å². The molecule has 1 atom stereocenters. The van der Waals surface area contributed by atoms with Crippen molar-refractivity contribution in [3.63, 3.8) is 0 Å². The van der Waals surface area contributed by atoms with Crippen molar-refractivity contribution in [1.29, 1.82) is 0 Å². The zero-order chi connectivity index (χ0) is 14.9. The maximum absolute atomic E-state index is 13.0. The van der Waals surface area contributed by atoms with Gasteiger partial charge in [0.25, 0.3) is 5.91 Å². The van der Waals surface area contributed by atoms with Crippen molar-refractivity contribution >= 4 is 11.9 Å². The summed E-state index contributed by atoms with van der Waals surface area (Å²) < 4.78 is 4.92. The van der Waals surface area contributed by atoms with Crippen LogP contribution in [0.25, 0.3) is 0 Å². The monoisotopic (exact) mass is 287 g/mol. The topological polar surface area (TPSA) is 46.6 Å². The fraction of sp³-hybridized carbons (Fsp3) is 0.529. The van der Waals surface area contributed by atoms with Crippen molar-refractivity contribution in [3.05, 3.63) is 35.9 Å². The molecule has 1 aliphatic heterocycles. The highest BCUT2D eigenvalue weighted by atomic mass is 16.5. The molecule has 2 fully saturated rings. The van der Waals surface area contributed by atoms with Crippen LogP contribution in [-0.2, 0) is 9.53 Å². The second kappa shape index (κ2) is 5.51. The van der Waals surface area contributed by atoms with E-state index < -0.39 is 6.04 Å². The lowest BCUT2D eigenvalue weighted by atomic mass is 9.94.